The Bertz CT molecular complexity index is 1250. The SMILES string of the molecule is CCOc1ccc(C2C3=C(CCCC3=O)Nc3nc(-c4ccccc4OC)nn32)cc1OC. The lowest BCUT2D eigenvalue weighted by molar-refractivity contribution is -0.116. The number of fused-ring (bicyclic) bond motifs is 1. The van der Waals surface area contributed by atoms with Crippen LogP contribution in [0.3, 0.4) is 0 Å². The van der Waals surface area contributed by atoms with E-state index in [1.165, 1.54) is 0 Å². The van der Waals surface area contributed by atoms with Gasteiger partial charge in [0, 0.05) is 17.7 Å². The van der Waals surface area contributed by atoms with Crippen LogP contribution in [0, 0.1) is 0 Å². The first-order valence-electron chi connectivity index (χ1n) is 11.1. The van der Waals surface area contributed by atoms with Crippen molar-refractivity contribution in [2.24, 2.45) is 0 Å². The second kappa shape index (κ2) is 8.61. The Kier molecular flexibility index (Phi) is 5.50. The third-order valence-corrected chi connectivity index (χ3v) is 6.02. The van der Waals surface area contributed by atoms with Gasteiger partial charge in [-0.2, -0.15) is 4.98 Å². The molecule has 3 aromatic rings. The van der Waals surface area contributed by atoms with Gasteiger partial charge in [-0.25, -0.2) is 4.68 Å². The fourth-order valence-corrected chi connectivity index (χ4v) is 4.54. The second-order valence-corrected chi connectivity index (χ2v) is 7.94. The van der Waals surface area contributed by atoms with Gasteiger partial charge in [-0.05, 0) is 49.6 Å². The number of nitrogens with zero attached hydrogens (tertiary/aromatic N) is 3. The zero-order valence-corrected chi connectivity index (χ0v) is 18.9. The topological polar surface area (TPSA) is 87.5 Å². The Labute approximate surface area is 192 Å². The lowest BCUT2D eigenvalue weighted by Crippen LogP contribution is -2.31. The summed E-state index contributed by atoms with van der Waals surface area (Å²) >= 11 is 0. The van der Waals surface area contributed by atoms with Crippen LogP contribution in [0.5, 0.6) is 17.2 Å². The molecule has 5 rings (SSSR count). The molecule has 1 N–H and O–H groups in total. The van der Waals surface area contributed by atoms with Gasteiger partial charge in [0.25, 0.3) is 0 Å². The van der Waals surface area contributed by atoms with Crippen molar-refractivity contribution in [1.82, 2.24) is 14.8 Å². The molecule has 170 valence electrons. The van der Waals surface area contributed by atoms with Gasteiger partial charge in [-0.3, -0.25) is 4.79 Å². The molecule has 8 nitrogen and oxygen atoms in total. The van der Waals surface area contributed by atoms with Crippen molar-refractivity contribution in [1.29, 1.82) is 0 Å². The number of hydrogen-bond donors (Lipinski definition) is 1. The monoisotopic (exact) mass is 446 g/mol. The molecule has 2 heterocycles. The minimum absolute atomic E-state index is 0.126. The van der Waals surface area contributed by atoms with E-state index in [1.54, 1.807) is 18.9 Å². The maximum Gasteiger partial charge on any atom is 0.226 e. The molecular weight excluding hydrogens is 420 g/mol. The molecule has 0 fully saturated rings. The van der Waals surface area contributed by atoms with Gasteiger partial charge >= 0.3 is 0 Å². The minimum atomic E-state index is -0.412. The molecule has 0 saturated carbocycles. The maximum absolute atomic E-state index is 13.1. The molecular formula is C25H26N4O4. The van der Waals surface area contributed by atoms with Crippen LogP contribution in [-0.4, -0.2) is 41.4 Å². The van der Waals surface area contributed by atoms with Crippen LogP contribution in [0.2, 0.25) is 0 Å². The van der Waals surface area contributed by atoms with Crippen LogP contribution in [-0.2, 0) is 4.79 Å². The number of methoxy groups -OCH3 is 2. The van der Waals surface area contributed by atoms with Crippen molar-refractivity contribution in [2.45, 2.75) is 32.2 Å². The highest BCUT2D eigenvalue weighted by Crippen LogP contribution is 2.43. The number of anilines is 1. The number of benzene rings is 2. The average Bonchev–Trinajstić information content (AvgIpc) is 3.27. The minimum Gasteiger partial charge on any atom is -0.496 e. The molecule has 1 aromatic heterocycles. The average molecular weight is 447 g/mol. The molecule has 2 aliphatic rings. The van der Waals surface area contributed by atoms with Crippen LogP contribution in [0.1, 0.15) is 37.8 Å². The number of allylic oxidation sites excluding steroid dienone is 2. The summed E-state index contributed by atoms with van der Waals surface area (Å²) < 4.78 is 18.6. The van der Waals surface area contributed by atoms with Crippen LogP contribution in [0.25, 0.3) is 11.4 Å². The number of para-hydroxylation sites is 1. The largest absolute Gasteiger partial charge is 0.496 e. The predicted molar refractivity (Wildman–Crippen MR) is 124 cm³/mol. The van der Waals surface area contributed by atoms with E-state index in [4.69, 9.17) is 24.3 Å². The summed E-state index contributed by atoms with van der Waals surface area (Å²) in [5, 5.41) is 8.20. The molecule has 1 aliphatic heterocycles. The molecule has 0 radical (unpaired) electrons. The van der Waals surface area contributed by atoms with E-state index in [-0.39, 0.29) is 5.78 Å². The van der Waals surface area contributed by atoms with Crippen molar-refractivity contribution in [3.63, 3.8) is 0 Å². The van der Waals surface area contributed by atoms with Crippen LogP contribution >= 0.6 is 0 Å². The molecule has 0 saturated heterocycles. The molecule has 1 atom stereocenters. The summed E-state index contributed by atoms with van der Waals surface area (Å²) in [5.74, 6) is 3.22. The third-order valence-electron chi connectivity index (χ3n) is 6.02. The number of carbonyl (C=O) groups excluding carboxylic acids is 1. The van der Waals surface area contributed by atoms with E-state index in [0.717, 1.165) is 35.2 Å². The fourth-order valence-electron chi connectivity index (χ4n) is 4.54. The summed E-state index contributed by atoms with van der Waals surface area (Å²) in [6.07, 6.45) is 2.13. The zero-order valence-electron chi connectivity index (χ0n) is 18.9. The summed E-state index contributed by atoms with van der Waals surface area (Å²) in [6, 6.07) is 13.0. The van der Waals surface area contributed by atoms with Crippen molar-refractivity contribution in [2.75, 3.05) is 26.1 Å². The standard InChI is InChI=1S/C25H26N4O4/c1-4-33-20-13-12-15(14-21(20)32-3)23-22-17(9-7-10-18(22)30)26-25-27-24(28-29(23)25)16-8-5-6-11-19(16)31-2/h5-6,8,11-14,23H,4,7,9-10H2,1-3H3,(H,26,27,28). The quantitative estimate of drug-likeness (QED) is 0.601. The van der Waals surface area contributed by atoms with E-state index in [2.05, 4.69) is 5.32 Å². The number of hydrogen-bond acceptors (Lipinski definition) is 7. The van der Waals surface area contributed by atoms with Gasteiger partial charge in [0.05, 0.1) is 26.4 Å². The molecule has 0 bridgehead atoms. The molecule has 0 amide bonds. The molecule has 8 heteroatoms. The number of rotatable bonds is 6. The van der Waals surface area contributed by atoms with Crippen molar-refractivity contribution in [3.05, 3.63) is 59.3 Å². The van der Waals surface area contributed by atoms with Crippen molar-refractivity contribution in [3.8, 4) is 28.6 Å². The van der Waals surface area contributed by atoms with Crippen molar-refractivity contribution < 1.29 is 19.0 Å². The van der Waals surface area contributed by atoms with Gasteiger partial charge in [0.1, 0.15) is 11.8 Å². The first kappa shape index (κ1) is 21.1. The first-order valence-corrected chi connectivity index (χ1v) is 11.1. The molecule has 2 aromatic carbocycles. The Balaban J connectivity index is 1.67. The highest BCUT2D eigenvalue weighted by molar-refractivity contribution is 5.99. The Hall–Kier alpha value is -3.81. The lowest BCUT2D eigenvalue weighted by Gasteiger charge is -2.32. The Morgan fingerprint density at radius 1 is 1.06 bits per heavy atom. The molecule has 1 aliphatic carbocycles. The summed E-state index contributed by atoms with van der Waals surface area (Å²) in [7, 11) is 3.24. The Morgan fingerprint density at radius 3 is 2.67 bits per heavy atom. The number of ketones is 1. The van der Waals surface area contributed by atoms with Crippen molar-refractivity contribution >= 4 is 11.7 Å². The predicted octanol–water partition coefficient (Wildman–Crippen LogP) is 4.38. The normalized spacial score (nSPS) is 17.2. The lowest BCUT2D eigenvalue weighted by atomic mass is 9.85. The third kappa shape index (κ3) is 3.61. The highest BCUT2D eigenvalue weighted by Gasteiger charge is 2.37. The van der Waals surface area contributed by atoms with Gasteiger partial charge in [0.2, 0.25) is 5.95 Å². The second-order valence-electron chi connectivity index (χ2n) is 7.94. The maximum atomic E-state index is 13.1. The summed E-state index contributed by atoms with van der Waals surface area (Å²) in [5.41, 5.74) is 3.32. The van der Waals surface area contributed by atoms with E-state index >= 15 is 0 Å². The van der Waals surface area contributed by atoms with Gasteiger partial charge in [-0.1, -0.05) is 18.2 Å². The van der Waals surface area contributed by atoms with E-state index in [0.29, 0.717) is 42.0 Å². The number of nitrogens with one attached hydrogen (secondary N) is 1. The highest BCUT2D eigenvalue weighted by atomic mass is 16.5. The van der Waals surface area contributed by atoms with Gasteiger partial charge in [-0.15, -0.1) is 5.10 Å². The van der Waals surface area contributed by atoms with E-state index < -0.39 is 6.04 Å². The van der Waals surface area contributed by atoms with Crippen LogP contribution in [0.15, 0.2) is 53.7 Å². The smallest absolute Gasteiger partial charge is 0.226 e. The van der Waals surface area contributed by atoms with Gasteiger partial charge in [0.15, 0.2) is 23.1 Å². The molecule has 33 heavy (non-hydrogen) atoms. The summed E-state index contributed by atoms with van der Waals surface area (Å²) in [6.45, 7) is 2.46. The first-order chi connectivity index (χ1) is 16.1. The van der Waals surface area contributed by atoms with E-state index in [1.807, 2.05) is 49.4 Å². The van der Waals surface area contributed by atoms with Crippen LogP contribution in [0.4, 0.5) is 5.95 Å². The number of ether oxygens (including phenoxy) is 3. The van der Waals surface area contributed by atoms with Gasteiger partial charge < -0.3 is 19.5 Å². The van der Waals surface area contributed by atoms with E-state index in [9.17, 15) is 4.79 Å². The van der Waals surface area contributed by atoms with Crippen LogP contribution < -0.4 is 19.5 Å². The fraction of sp³-hybridized carbons (Fsp3) is 0.320. The number of Topliss-reactive ketones (excluding diaryl/α,β-unsaturated/α-hetero) is 1. The Morgan fingerprint density at radius 2 is 1.88 bits per heavy atom. The molecule has 0 spiro atoms. The number of aromatic nitrogens is 3. The number of carbonyl (C=O) groups is 1. The summed E-state index contributed by atoms with van der Waals surface area (Å²) in [4.78, 5) is 17.9. The molecule has 1 unspecified atom stereocenters. The zero-order chi connectivity index (χ0) is 22.9.